The standard InChI is InChI=1S/C14H22N2S/c1-3-4-5-11-16(2)12-14-9-8-13(17-14)7-6-10-15/h8-9H,3-5,10-12,15H2,1-2H3. The lowest BCUT2D eigenvalue weighted by atomic mass is 10.2. The molecule has 0 atom stereocenters. The van der Waals surface area contributed by atoms with Crippen molar-refractivity contribution in [3.63, 3.8) is 0 Å². The zero-order chi connectivity index (χ0) is 12.5. The fourth-order valence-electron chi connectivity index (χ4n) is 1.65. The number of nitrogens with two attached hydrogens (primary N) is 1. The maximum atomic E-state index is 5.35. The Kier molecular flexibility index (Phi) is 6.95. The summed E-state index contributed by atoms with van der Waals surface area (Å²) in [7, 11) is 2.18. The second-order valence-electron chi connectivity index (χ2n) is 4.22. The van der Waals surface area contributed by atoms with E-state index >= 15 is 0 Å². The Morgan fingerprint density at radius 1 is 1.35 bits per heavy atom. The number of thiophene rings is 1. The van der Waals surface area contributed by atoms with Crippen LogP contribution in [0.5, 0.6) is 0 Å². The van der Waals surface area contributed by atoms with Crippen molar-refractivity contribution in [2.75, 3.05) is 20.1 Å². The zero-order valence-corrected chi connectivity index (χ0v) is 11.6. The third kappa shape index (κ3) is 5.88. The number of hydrogen-bond donors (Lipinski definition) is 1. The molecule has 2 N–H and O–H groups in total. The summed E-state index contributed by atoms with van der Waals surface area (Å²) in [4.78, 5) is 4.87. The molecule has 1 aromatic rings. The monoisotopic (exact) mass is 250 g/mol. The molecule has 1 aromatic heterocycles. The summed E-state index contributed by atoms with van der Waals surface area (Å²) in [6.45, 7) is 4.88. The van der Waals surface area contributed by atoms with Crippen LogP contribution in [-0.2, 0) is 6.54 Å². The predicted molar refractivity (Wildman–Crippen MR) is 76.1 cm³/mol. The van der Waals surface area contributed by atoms with Crippen LogP contribution in [0.2, 0.25) is 0 Å². The van der Waals surface area contributed by atoms with E-state index in [4.69, 9.17) is 5.73 Å². The molecular weight excluding hydrogens is 228 g/mol. The molecule has 0 aromatic carbocycles. The molecule has 0 saturated carbocycles. The van der Waals surface area contributed by atoms with Crippen molar-refractivity contribution in [1.29, 1.82) is 0 Å². The zero-order valence-electron chi connectivity index (χ0n) is 10.8. The van der Waals surface area contributed by atoms with E-state index in [0.717, 1.165) is 11.4 Å². The lowest BCUT2D eigenvalue weighted by Gasteiger charge is -2.14. The fraction of sp³-hybridized carbons (Fsp3) is 0.571. The molecule has 17 heavy (non-hydrogen) atoms. The highest BCUT2D eigenvalue weighted by Crippen LogP contribution is 2.17. The highest BCUT2D eigenvalue weighted by Gasteiger charge is 2.02. The highest BCUT2D eigenvalue weighted by atomic mass is 32.1. The van der Waals surface area contributed by atoms with Gasteiger partial charge in [-0.05, 0) is 32.1 Å². The first-order chi connectivity index (χ1) is 8.26. The normalized spacial score (nSPS) is 10.4. The first-order valence-corrected chi connectivity index (χ1v) is 7.04. The summed E-state index contributed by atoms with van der Waals surface area (Å²) in [6.07, 6.45) is 3.89. The maximum absolute atomic E-state index is 5.35. The molecule has 3 heteroatoms. The van der Waals surface area contributed by atoms with E-state index in [-0.39, 0.29) is 0 Å². The van der Waals surface area contributed by atoms with E-state index < -0.39 is 0 Å². The van der Waals surface area contributed by atoms with Crippen molar-refractivity contribution in [3.05, 3.63) is 21.9 Å². The molecule has 2 nitrogen and oxygen atoms in total. The van der Waals surface area contributed by atoms with Gasteiger partial charge in [-0.3, -0.25) is 0 Å². The minimum atomic E-state index is 0.435. The first kappa shape index (κ1) is 14.2. The Balaban J connectivity index is 2.37. The Hall–Kier alpha value is -0.820. The van der Waals surface area contributed by atoms with Crippen LogP contribution >= 0.6 is 11.3 Å². The molecule has 0 amide bonds. The number of rotatable bonds is 6. The van der Waals surface area contributed by atoms with Crippen LogP contribution in [0.4, 0.5) is 0 Å². The molecule has 0 unspecified atom stereocenters. The van der Waals surface area contributed by atoms with E-state index in [9.17, 15) is 0 Å². The maximum Gasteiger partial charge on any atom is 0.0772 e. The molecule has 0 radical (unpaired) electrons. The van der Waals surface area contributed by atoms with Crippen LogP contribution in [-0.4, -0.2) is 25.0 Å². The van der Waals surface area contributed by atoms with Gasteiger partial charge in [-0.1, -0.05) is 31.6 Å². The van der Waals surface area contributed by atoms with E-state index in [1.165, 1.54) is 30.7 Å². The molecule has 1 rings (SSSR count). The van der Waals surface area contributed by atoms with Gasteiger partial charge in [0, 0.05) is 11.4 Å². The quantitative estimate of drug-likeness (QED) is 0.621. The SMILES string of the molecule is CCCCCN(C)Cc1ccc(C#CCN)s1. The Bertz CT molecular complexity index is 373. The molecule has 0 saturated heterocycles. The van der Waals surface area contributed by atoms with Crippen LogP contribution in [0.15, 0.2) is 12.1 Å². The smallest absolute Gasteiger partial charge is 0.0772 e. The van der Waals surface area contributed by atoms with Crippen molar-refractivity contribution < 1.29 is 0 Å². The van der Waals surface area contributed by atoms with Gasteiger partial charge < -0.3 is 10.6 Å². The number of unbranched alkanes of at least 4 members (excludes halogenated alkanes) is 2. The van der Waals surface area contributed by atoms with Crippen molar-refractivity contribution in [2.24, 2.45) is 5.73 Å². The van der Waals surface area contributed by atoms with Crippen LogP contribution in [0.3, 0.4) is 0 Å². The summed E-state index contributed by atoms with van der Waals surface area (Å²) in [6, 6.07) is 4.25. The molecular formula is C14H22N2S. The fourth-order valence-corrected chi connectivity index (χ4v) is 2.61. The Morgan fingerprint density at radius 2 is 2.18 bits per heavy atom. The van der Waals surface area contributed by atoms with E-state index in [2.05, 4.69) is 42.8 Å². The van der Waals surface area contributed by atoms with E-state index in [0.29, 0.717) is 6.54 Å². The topological polar surface area (TPSA) is 29.3 Å². The summed E-state index contributed by atoms with van der Waals surface area (Å²) >= 11 is 1.77. The van der Waals surface area contributed by atoms with Crippen molar-refractivity contribution >= 4 is 11.3 Å². The summed E-state index contributed by atoms with van der Waals surface area (Å²) in [5.74, 6) is 5.96. The van der Waals surface area contributed by atoms with Crippen molar-refractivity contribution in [2.45, 2.75) is 32.7 Å². The van der Waals surface area contributed by atoms with Crippen LogP contribution in [0.25, 0.3) is 0 Å². The lowest BCUT2D eigenvalue weighted by Crippen LogP contribution is -2.18. The Morgan fingerprint density at radius 3 is 2.88 bits per heavy atom. The van der Waals surface area contributed by atoms with Crippen LogP contribution in [0, 0.1) is 11.8 Å². The Labute approximate surface area is 109 Å². The average Bonchev–Trinajstić information content (AvgIpc) is 2.74. The van der Waals surface area contributed by atoms with Gasteiger partial charge in [0.15, 0.2) is 0 Å². The molecule has 1 heterocycles. The van der Waals surface area contributed by atoms with Gasteiger partial charge in [-0.25, -0.2) is 0 Å². The van der Waals surface area contributed by atoms with Gasteiger partial charge in [0.1, 0.15) is 0 Å². The summed E-state index contributed by atoms with van der Waals surface area (Å²) in [5, 5.41) is 0. The molecule has 0 aliphatic heterocycles. The van der Waals surface area contributed by atoms with Crippen molar-refractivity contribution in [3.8, 4) is 11.8 Å². The molecule has 0 bridgehead atoms. The largest absolute Gasteiger partial charge is 0.320 e. The van der Waals surface area contributed by atoms with Crippen LogP contribution in [0.1, 0.15) is 35.9 Å². The third-order valence-corrected chi connectivity index (χ3v) is 3.53. The van der Waals surface area contributed by atoms with Crippen LogP contribution < -0.4 is 5.73 Å². The molecule has 0 aliphatic carbocycles. The first-order valence-electron chi connectivity index (χ1n) is 6.22. The number of nitrogens with zero attached hydrogens (tertiary/aromatic N) is 1. The average molecular weight is 250 g/mol. The lowest BCUT2D eigenvalue weighted by molar-refractivity contribution is 0.321. The minimum Gasteiger partial charge on any atom is -0.320 e. The van der Waals surface area contributed by atoms with Gasteiger partial charge in [0.25, 0.3) is 0 Å². The summed E-state index contributed by atoms with van der Waals surface area (Å²) in [5.41, 5.74) is 5.35. The second-order valence-corrected chi connectivity index (χ2v) is 5.39. The highest BCUT2D eigenvalue weighted by molar-refractivity contribution is 7.12. The molecule has 0 fully saturated rings. The van der Waals surface area contributed by atoms with Gasteiger partial charge in [0.2, 0.25) is 0 Å². The minimum absolute atomic E-state index is 0.435. The predicted octanol–water partition coefficient (Wildman–Crippen LogP) is 2.68. The van der Waals surface area contributed by atoms with E-state index in [1.54, 1.807) is 11.3 Å². The van der Waals surface area contributed by atoms with Gasteiger partial charge in [-0.2, -0.15) is 0 Å². The summed E-state index contributed by atoms with van der Waals surface area (Å²) < 4.78 is 0. The van der Waals surface area contributed by atoms with E-state index in [1.807, 2.05) is 0 Å². The van der Waals surface area contributed by atoms with Crippen molar-refractivity contribution in [1.82, 2.24) is 4.90 Å². The molecule has 0 aliphatic rings. The van der Waals surface area contributed by atoms with Gasteiger partial charge in [-0.15, -0.1) is 11.3 Å². The third-order valence-electron chi connectivity index (χ3n) is 2.54. The number of hydrogen-bond acceptors (Lipinski definition) is 3. The second kappa shape index (κ2) is 8.30. The van der Waals surface area contributed by atoms with Gasteiger partial charge in [0.05, 0.1) is 11.4 Å². The van der Waals surface area contributed by atoms with Gasteiger partial charge >= 0.3 is 0 Å². The molecule has 94 valence electrons. The molecule has 0 spiro atoms.